The van der Waals surface area contributed by atoms with Gasteiger partial charge < -0.3 is 5.73 Å². The van der Waals surface area contributed by atoms with Crippen LogP contribution >= 0.6 is 0 Å². The molecule has 0 aliphatic rings. The Hall–Kier alpha value is -2.50. The summed E-state index contributed by atoms with van der Waals surface area (Å²) in [7, 11) is 0. The summed E-state index contributed by atoms with van der Waals surface area (Å²) >= 11 is 0. The summed E-state index contributed by atoms with van der Waals surface area (Å²) in [6.07, 6.45) is 6.58. The lowest BCUT2D eigenvalue weighted by atomic mass is 10.1. The average molecular weight is 215 g/mol. The number of amides is 2. The number of hydrogen-bond donors (Lipinski definition) is 2. The number of anilines is 1. The van der Waals surface area contributed by atoms with E-state index in [0.717, 1.165) is 11.1 Å². The molecule has 0 bridgehead atoms. The molecule has 0 spiro atoms. The highest BCUT2D eigenvalue weighted by molar-refractivity contribution is 5.85. The Morgan fingerprint density at radius 1 is 1.12 bits per heavy atom. The molecule has 0 unspecified atom stereocenters. The minimum absolute atomic E-state index is 0.185. The number of carbonyl (C=O) groups excluding carboxylic acids is 1. The molecule has 0 aliphatic carbocycles. The number of nitrogens with two attached hydrogens (primary N) is 1. The van der Waals surface area contributed by atoms with Gasteiger partial charge in [-0.3, -0.25) is 10.3 Å². The molecule has 6 nitrogen and oxygen atoms in total. The molecule has 0 radical (unpaired) electrons. The second-order valence-corrected chi connectivity index (χ2v) is 3.02. The Morgan fingerprint density at radius 3 is 2.31 bits per heavy atom. The van der Waals surface area contributed by atoms with Gasteiger partial charge in [-0.05, 0) is 17.7 Å². The van der Waals surface area contributed by atoms with Crippen LogP contribution in [0, 0.1) is 0 Å². The Kier molecular flexibility index (Phi) is 2.73. The van der Waals surface area contributed by atoms with E-state index >= 15 is 0 Å². The van der Waals surface area contributed by atoms with Crippen molar-refractivity contribution in [3.63, 3.8) is 0 Å². The van der Waals surface area contributed by atoms with Gasteiger partial charge in [0.05, 0.1) is 0 Å². The third kappa shape index (κ3) is 2.30. The van der Waals surface area contributed by atoms with Crippen LogP contribution in [-0.2, 0) is 0 Å². The first-order chi connectivity index (χ1) is 7.75. The van der Waals surface area contributed by atoms with Crippen molar-refractivity contribution < 1.29 is 4.79 Å². The molecule has 2 amide bonds. The van der Waals surface area contributed by atoms with E-state index in [4.69, 9.17) is 5.73 Å². The molecule has 80 valence electrons. The van der Waals surface area contributed by atoms with Crippen molar-refractivity contribution in [2.45, 2.75) is 0 Å². The topological polar surface area (TPSA) is 93.8 Å². The monoisotopic (exact) mass is 215 g/mol. The molecular formula is C10H9N5O. The molecule has 0 atom stereocenters. The third-order valence-electron chi connectivity index (χ3n) is 1.90. The molecule has 2 aromatic heterocycles. The molecule has 2 rings (SSSR count). The summed E-state index contributed by atoms with van der Waals surface area (Å²) in [5.74, 6) is 0.185. The SMILES string of the molecule is NC(=O)Nc1ncc(-c2ccncc2)cn1. The highest BCUT2D eigenvalue weighted by Gasteiger charge is 2.01. The second-order valence-electron chi connectivity index (χ2n) is 3.02. The summed E-state index contributed by atoms with van der Waals surface area (Å²) in [5, 5.41) is 2.29. The van der Waals surface area contributed by atoms with Gasteiger partial charge in [-0.15, -0.1) is 0 Å². The number of nitrogens with zero attached hydrogens (tertiary/aromatic N) is 3. The molecule has 0 aliphatic heterocycles. The van der Waals surface area contributed by atoms with Crippen molar-refractivity contribution in [1.82, 2.24) is 15.0 Å². The fourth-order valence-corrected chi connectivity index (χ4v) is 1.20. The smallest absolute Gasteiger partial charge is 0.319 e. The predicted molar refractivity (Wildman–Crippen MR) is 58.5 cm³/mol. The summed E-state index contributed by atoms with van der Waals surface area (Å²) in [5.41, 5.74) is 6.74. The van der Waals surface area contributed by atoms with Gasteiger partial charge in [-0.1, -0.05) is 0 Å². The van der Waals surface area contributed by atoms with E-state index in [1.54, 1.807) is 24.8 Å². The summed E-state index contributed by atoms with van der Waals surface area (Å²) in [4.78, 5) is 22.4. The van der Waals surface area contributed by atoms with Gasteiger partial charge in [0.1, 0.15) is 0 Å². The van der Waals surface area contributed by atoms with Crippen LogP contribution in [0.2, 0.25) is 0 Å². The zero-order valence-corrected chi connectivity index (χ0v) is 8.29. The van der Waals surface area contributed by atoms with Gasteiger partial charge in [0.2, 0.25) is 5.95 Å². The highest BCUT2D eigenvalue weighted by atomic mass is 16.2. The number of carbonyl (C=O) groups is 1. The molecule has 16 heavy (non-hydrogen) atoms. The van der Waals surface area contributed by atoms with Crippen LogP contribution in [0.5, 0.6) is 0 Å². The van der Waals surface area contributed by atoms with Crippen molar-refractivity contribution in [3.8, 4) is 11.1 Å². The van der Waals surface area contributed by atoms with Crippen molar-refractivity contribution in [1.29, 1.82) is 0 Å². The Balaban J connectivity index is 2.23. The fourth-order valence-electron chi connectivity index (χ4n) is 1.20. The molecule has 6 heteroatoms. The molecule has 2 heterocycles. The van der Waals surface area contributed by atoms with E-state index in [9.17, 15) is 4.79 Å². The Morgan fingerprint density at radius 2 is 1.75 bits per heavy atom. The summed E-state index contributed by atoms with van der Waals surface area (Å²) in [6.45, 7) is 0. The maximum absolute atomic E-state index is 10.5. The van der Waals surface area contributed by atoms with E-state index in [2.05, 4.69) is 20.3 Å². The van der Waals surface area contributed by atoms with E-state index in [0.29, 0.717) is 0 Å². The van der Waals surface area contributed by atoms with Crippen molar-refractivity contribution in [2.75, 3.05) is 5.32 Å². The number of rotatable bonds is 2. The van der Waals surface area contributed by atoms with Crippen LogP contribution in [0.3, 0.4) is 0 Å². The average Bonchev–Trinajstić information content (AvgIpc) is 2.30. The number of hydrogen-bond acceptors (Lipinski definition) is 4. The van der Waals surface area contributed by atoms with Gasteiger partial charge in [0.25, 0.3) is 0 Å². The lowest BCUT2D eigenvalue weighted by molar-refractivity contribution is 0.259. The van der Waals surface area contributed by atoms with Crippen LogP contribution in [-0.4, -0.2) is 21.0 Å². The van der Waals surface area contributed by atoms with Gasteiger partial charge in [0, 0.05) is 30.4 Å². The van der Waals surface area contributed by atoms with Crippen molar-refractivity contribution >= 4 is 12.0 Å². The third-order valence-corrected chi connectivity index (χ3v) is 1.90. The standard InChI is InChI=1S/C10H9N5O/c11-9(16)15-10-13-5-8(6-14-10)7-1-3-12-4-2-7/h1-6H,(H3,11,13,14,15,16). The number of aromatic nitrogens is 3. The van der Waals surface area contributed by atoms with Crippen molar-refractivity contribution in [2.24, 2.45) is 5.73 Å². The summed E-state index contributed by atoms with van der Waals surface area (Å²) < 4.78 is 0. The van der Waals surface area contributed by atoms with Crippen LogP contribution in [0.1, 0.15) is 0 Å². The first-order valence-corrected chi connectivity index (χ1v) is 4.54. The molecule has 2 aromatic rings. The first-order valence-electron chi connectivity index (χ1n) is 4.54. The highest BCUT2D eigenvalue weighted by Crippen LogP contribution is 2.16. The molecule has 0 saturated carbocycles. The quantitative estimate of drug-likeness (QED) is 0.782. The molecule has 0 fully saturated rings. The molecule has 3 N–H and O–H groups in total. The lowest BCUT2D eigenvalue weighted by Crippen LogP contribution is -2.20. The van der Waals surface area contributed by atoms with E-state index < -0.39 is 6.03 Å². The van der Waals surface area contributed by atoms with Crippen LogP contribution in [0.25, 0.3) is 11.1 Å². The van der Waals surface area contributed by atoms with Crippen LogP contribution < -0.4 is 11.1 Å². The predicted octanol–water partition coefficient (Wildman–Crippen LogP) is 1.03. The van der Waals surface area contributed by atoms with E-state index in [1.807, 2.05) is 12.1 Å². The lowest BCUT2D eigenvalue weighted by Gasteiger charge is -2.02. The number of pyridine rings is 1. The number of urea groups is 1. The largest absolute Gasteiger partial charge is 0.351 e. The van der Waals surface area contributed by atoms with Gasteiger partial charge >= 0.3 is 6.03 Å². The van der Waals surface area contributed by atoms with E-state index in [-0.39, 0.29) is 5.95 Å². The summed E-state index contributed by atoms with van der Waals surface area (Å²) in [6, 6.07) is 3.01. The van der Waals surface area contributed by atoms with Gasteiger partial charge in [-0.25, -0.2) is 14.8 Å². The van der Waals surface area contributed by atoms with Crippen LogP contribution in [0.15, 0.2) is 36.9 Å². The zero-order chi connectivity index (χ0) is 11.4. The van der Waals surface area contributed by atoms with Gasteiger partial charge in [-0.2, -0.15) is 0 Å². The van der Waals surface area contributed by atoms with Crippen molar-refractivity contribution in [3.05, 3.63) is 36.9 Å². The van der Waals surface area contributed by atoms with E-state index in [1.165, 1.54) is 0 Å². The minimum Gasteiger partial charge on any atom is -0.351 e. The molecule has 0 aromatic carbocycles. The number of primary amides is 1. The zero-order valence-electron chi connectivity index (χ0n) is 8.29. The Bertz CT molecular complexity index is 482. The first kappa shape index (κ1) is 10.0. The Labute approximate surface area is 91.6 Å². The maximum atomic E-state index is 10.5. The molecule has 0 saturated heterocycles. The van der Waals surface area contributed by atoms with Gasteiger partial charge in [0.15, 0.2) is 0 Å². The molecular weight excluding hydrogens is 206 g/mol. The second kappa shape index (κ2) is 4.35. The number of nitrogens with one attached hydrogen (secondary N) is 1. The van der Waals surface area contributed by atoms with Crippen LogP contribution in [0.4, 0.5) is 10.7 Å². The minimum atomic E-state index is -0.684. The fraction of sp³-hybridized carbons (Fsp3) is 0. The maximum Gasteiger partial charge on any atom is 0.319 e. The normalized spacial score (nSPS) is 9.75.